The van der Waals surface area contributed by atoms with Crippen molar-refractivity contribution in [2.24, 2.45) is 0 Å². The summed E-state index contributed by atoms with van der Waals surface area (Å²) in [4.78, 5) is 81.8. The first-order chi connectivity index (χ1) is 36.4. The zero-order chi connectivity index (χ0) is 53.9. The molecule has 9 N–H and O–H groups in total. The van der Waals surface area contributed by atoms with Gasteiger partial charge in [-0.2, -0.15) is 0 Å². The molecule has 25 heteroatoms. The fraction of sp³-hybridized carbons (Fsp3) is 0.490. The van der Waals surface area contributed by atoms with Gasteiger partial charge in [-0.05, 0) is 81.7 Å². The molecule has 0 aliphatic carbocycles. The number of aromatic nitrogens is 4. The first-order valence-electron chi connectivity index (χ1n) is 25.9. The monoisotopic (exact) mass is 1090 g/mol. The van der Waals surface area contributed by atoms with E-state index in [9.17, 15) is 43.4 Å². The topological polar surface area (TPSA) is 310 Å². The molecule has 4 atom stereocenters. The number of nitrogen functional groups attached to an aromatic ring is 1. The van der Waals surface area contributed by atoms with E-state index in [4.69, 9.17) is 19.7 Å². The molecule has 1 saturated heterocycles. The van der Waals surface area contributed by atoms with E-state index in [2.05, 4.69) is 77.7 Å². The number of benzene rings is 3. The average molecular weight is 1090 g/mol. The highest BCUT2D eigenvalue weighted by molar-refractivity contribution is 7.46. The van der Waals surface area contributed by atoms with Crippen molar-refractivity contribution < 1.29 is 61.9 Å². The van der Waals surface area contributed by atoms with E-state index in [1.54, 1.807) is 11.9 Å². The van der Waals surface area contributed by atoms with Crippen LogP contribution in [0.25, 0.3) is 16.7 Å². The minimum Gasteiger partial charge on any atom is -0.456 e. The molecule has 0 radical (unpaired) electrons. The second-order valence-corrected chi connectivity index (χ2v) is 21.9. The Balaban J connectivity index is 0.787. The van der Waals surface area contributed by atoms with Crippen LogP contribution in [0.3, 0.4) is 0 Å². The number of fused-ring (bicyclic) bond motifs is 5. The van der Waals surface area contributed by atoms with Crippen LogP contribution in [0, 0.1) is 0 Å². The van der Waals surface area contributed by atoms with Crippen LogP contribution >= 0.6 is 15.6 Å². The fourth-order valence-corrected chi connectivity index (χ4v) is 11.7. The van der Waals surface area contributed by atoms with Crippen molar-refractivity contribution in [2.75, 3.05) is 75.4 Å². The van der Waals surface area contributed by atoms with Crippen LogP contribution in [-0.2, 0) is 40.6 Å². The zero-order valence-electron chi connectivity index (χ0n) is 42.8. The SMILES string of the molecule is CCN1CCCc2cc3c(cc21)Oc1cc2c(cc1=C3c1ccccc1C(=O)N(C)CCCC(=O)NCCCCCCNc1nc3c(N)ncnc3n1[C@@H]1O[C@H](COP(=O)(O)O)[C@@H](OP(=O)(O)O)[C@H]1O)CCC[N+]=2CC. The van der Waals surface area contributed by atoms with Gasteiger partial charge in [0.15, 0.2) is 23.2 Å². The molecule has 408 valence electrons. The third kappa shape index (κ3) is 12.1. The number of nitrogens with one attached hydrogen (secondary N) is 2. The summed E-state index contributed by atoms with van der Waals surface area (Å²) < 4.78 is 48.9. The van der Waals surface area contributed by atoms with Gasteiger partial charge in [0.1, 0.15) is 49.2 Å². The maximum atomic E-state index is 14.5. The van der Waals surface area contributed by atoms with Crippen LogP contribution in [-0.4, -0.2) is 139 Å². The summed E-state index contributed by atoms with van der Waals surface area (Å²) in [5.74, 6) is 1.46. The number of nitrogens with zero attached hydrogens (tertiary/aromatic N) is 7. The molecule has 76 heavy (non-hydrogen) atoms. The second kappa shape index (κ2) is 23.4. The lowest BCUT2D eigenvalue weighted by Gasteiger charge is -2.33. The van der Waals surface area contributed by atoms with E-state index in [0.29, 0.717) is 44.5 Å². The number of imidazole rings is 1. The van der Waals surface area contributed by atoms with Crippen molar-refractivity contribution in [3.63, 3.8) is 0 Å². The van der Waals surface area contributed by atoms with Crippen molar-refractivity contribution in [3.8, 4) is 11.5 Å². The van der Waals surface area contributed by atoms with Gasteiger partial charge in [0.05, 0.1) is 12.7 Å². The molecule has 4 aliphatic rings. The van der Waals surface area contributed by atoms with Crippen LogP contribution in [0.1, 0.15) is 104 Å². The van der Waals surface area contributed by atoms with Gasteiger partial charge in [0.25, 0.3) is 5.91 Å². The Labute approximate surface area is 439 Å². The molecule has 2 aromatic heterocycles. The van der Waals surface area contributed by atoms with Gasteiger partial charge in [-0.25, -0.2) is 28.7 Å². The van der Waals surface area contributed by atoms with Gasteiger partial charge < -0.3 is 60.3 Å². The largest absolute Gasteiger partial charge is 0.470 e. The smallest absolute Gasteiger partial charge is 0.456 e. The molecule has 9 rings (SSSR count). The van der Waals surface area contributed by atoms with Crippen LogP contribution in [0.2, 0.25) is 0 Å². The maximum absolute atomic E-state index is 14.5. The summed E-state index contributed by atoms with van der Waals surface area (Å²) in [6, 6.07) is 16.8. The molecule has 6 heterocycles. The summed E-state index contributed by atoms with van der Waals surface area (Å²) in [5.41, 5.74) is 13.5. The van der Waals surface area contributed by atoms with E-state index in [1.165, 1.54) is 26.7 Å². The van der Waals surface area contributed by atoms with Crippen LogP contribution in [0.5, 0.6) is 11.5 Å². The van der Waals surface area contributed by atoms with E-state index >= 15 is 0 Å². The second-order valence-electron chi connectivity index (χ2n) is 19.5. The first kappa shape index (κ1) is 54.9. The third-order valence-corrected chi connectivity index (χ3v) is 15.4. The Kier molecular flexibility index (Phi) is 16.9. The van der Waals surface area contributed by atoms with E-state index in [-0.39, 0.29) is 41.2 Å². The molecule has 1 fully saturated rings. The molecule has 0 unspecified atom stereocenters. The van der Waals surface area contributed by atoms with E-state index in [0.717, 1.165) is 104 Å². The molecule has 0 saturated carbocycles. The molecule has 0 spiro atoms. The number of ether oxygens (including phenoxy) is 2. The standard InChI is InChI=1S/C51H66N10O13P2/c1-4-59-23-12-15-31-25-35-39(27-37(31)59)72-40-28-38-32(16-13-24-60(38)5-2)26-36(40)43(35)33-17-8-9-18-34(33)49(64)58(3)22-14-19-42(62)53-20-10-6-7-11-21-54-51-57-44-47(52)55-30-56-48(44)61(51)50-45(63)46(74-76(68,69)70)41(73-50)29-71-75(65,66)67/h8-9,17-18,25-28,30,41,45-46,50,52,63H,4-7,10-16,19-24,29H2,1-3H3,(H6,53,62,64,65,66,67,68,69,70)/p+1/t41-,45-,46-,50-/m1/s1. The van der Waals surface area contributed by atoms with E-state index < -0.39 is 46.8 Å². The van der Waals surface area contributed by atoms with Crippen LogP contribution < -0.4 is 41.2 Å². The normalized spacial score (nSPS) is 19.2. The number of carbonyl (C=O) groups excluding carboxylic acids is 2. The Morgan fingerprint density at radius 2 is 1.71 bits per heavy atom. The number of phosphoric ester groups is 2. The number of phosphoric acid groups is 2. The van der Waals surface area contributed by atoms with Crippen molar-refractivity contribution in [2.45, 2.75) is 103 Å². The van der Waals surface area contributed by atoms with E-state index in [1.807, 2.05) is 24.3 Å². The molecule has 23 nitrogen and oxygen atoms in total. The molecular formula is C51H67N10O13P2+. The number of carbonyl (C=O) groups is 2. The fourth-order valence-electron chi connectivity index (χ4n) is 10.8. The van der Waals surface area contributed by atoms with Gasteiger partial charge in [0, 0.05) is 91.8 Å². The number of nitrogens with two attached hydrogens (primary N) is 1. The third-order valence-electron chi connectivity index (χ3n) is 14.4. The van der Waals surface area contributed by atoms with Crippen molar-refractivity contribution >= 4 is 61.7 Å². The number of aliphatic hydroxyl groups is 1. The number of hydrogen-bond acceptors (Lipinski definition) is 15. The lowest BCUT2D eigenvalue weighted by Crippen LogP contribution is -2.39. The average Bonchev–Trinajstić information content (AvgIpc) is 3.91. The summed E-state index contributed by atoms with van der Waals surface area (Å²) in [6.07, 6.45) is 2.25. The number of hydrogen-bond donors (Lipinski definition) is 8. The maximum Gasteiger partial charge on any atom is 0.470 e. The van der Waals surface area contributed by atoms with Crippen molar-refractivity contribution in [1.29, 1.82) is 0 Å². The number of rotatable bonds is 22. The van der Waals surface area contributed by atoms with Crippen LogP contribution in [0.15, 0.2) is 54.9 Å². The zero-order valence-corrected chi connectivity index (χ0v) is 44.6. The van der Waals surface area contributed by atoms with Gasteiger partial charge >= 0.3 is 15.6 Å². The predicted molar refractivity (Wildman–Crippen MR) is 282 cm³/mol. The van der Waals surface area contributed by atoms with Crippen molar-refractivity contribution in [3.05, 3.63) is 93.3 Å². The van der Waals surface area contributed by atoms with Crippen LogP contribution in [0.4, 0.5) is 17.5 Å². The number of amides is 2. The highest BCUT2D eigenvalue weighted by Gasteiger charge is 2.50. The quantitative estimate of drug-likeness (QED) is 0.0274. The number of aryl methyl sites for hydroxylation is 2. The molecule has 4 aliphatic heterocycles. The van der Waals surface area contributed by atoms with Gasteiger partial charge in [0.2, 0.25) is 17.2 Å². The number of unbranched alkanes of at least 4 members (excludes halogenated alkanes) is 3. The Morgan fingerprint density at radius 1 is 0.934 bits per heavy atom. The first-order valence-corrected chi connectivity index (χ1v) is 29.0. The number of anilines is 3. The molecule has 2 amide bonds. The highest BCUT2D eigenvalue weighted by atomic mass is 31.2. The lowest BCUT2D eigenvalue weighted by molar-refractivity contribution is -0.121. The Bertz CT molecular complexity index is 3220. The summed E-state index contributed by atoms with van der Waals surface area (Å²) >= 11 is 0. The lowest BCUT2D eigenvalue weighted by atomic mass is 9.86. The minimum atomic E-state index is -5.23. The van der Waals surface area contributed by atoms with Gasteiger partial charge in [-0.3, -0.25) is 23.2 Å². The molecule has 0 bridgehead atoms. The van der Waals surface area contributed by atoms with Gasteiger partial charge in [-0.15, -0.1) is 0 Å². The predicted octanol–water partition coefficient (Wildman–Crippen LogP) is 3.48. The minimum absolute atomic E-state index is 0.00149. The molecular weight excluding hydrogens is 1020 g/mol. The summed E-state index contributed by atoms with van der Waals surface area (Å²) in [7, 11) is -8.50. The summed E-state index contributed by atoms with van der Waals surface area (Å²) in [5, 5.41) is 19.6. The molecule has 5 aromatic rings. The summed E-state index contributed by atoms with van der Waals surface area (Å²) in [6.45, 7) is 8.51. The van der Waals surface area contributed by atoms with Gasteiger partial charge in [-0.1, -0.05) is 31.0 Å². The number of aliphatic hydroxyl groups excluding tert-OH is 1. The highest BCUT2D eigenvalue weighted by Crippen LogP contribution is 2.47. The Morgan fingerprint density at radius 3 is 2.47 bits per heavy atom. The van der Waals surface area contributed by atoms with Crippen molar-refractivity contribution in [1.82, 2.24) is 34.3 Å². The Hall–Kier alpha value is -5.84. The molecule has 3 aromatic carbocycles.